The van der Waals surface area contributed by atoms with Crippen LogP contribution >= 0.6 is 0 Å². The molecular weight excluding hydrogens is 368 g/mol. The van der Waals surface area contributed by atoms with Crippen LogP contribution < -0.4 is 4.90 Å². The van der Waals surface area contributed by atoms with Gasteiger partial charge in [-0.2, -0.15) is 5.10 Å². The lowest BCUT2D eigenvalue weighted by Crippen LogP contribution is -2.45. The van der Waals surface area contributed by atoms with Gasteiger partial charge >= 0.3 is 0 Å². The van der Waals surface area contributed by atoms with Crippen LogP contribution in [0.3, 0.4) is 0 Å². The largest absolute Gasteiger partial charge is 0.370 e. The summed E-state index contributed by atoms with van der Waals surface area (Å²) in [7, 11) is 0. The van der Waals surface area contributed by atoms with Crippen LogP contribution in [0.1, 0.15) is 55.5 Å². The van der Waals surface area contributed by atoms with Crippen LogP contribution in [-0.4, -0.2) is 37.8 Å². The summed E-state index contributed by atoms with van der Waals surface area (Å²) in [4.78, 5) is 22.4. The Bertz CT molecular complexity index is 1070. The minimum absolute atomic E-state index is 0.163. The van der Waals surface area contributed by atoms with Gasteiger partial charge in [-0.15, -0.1) is 0 Å². The third-order valence-electron chi connectivity index (χ3n) is 6.26. The number of fused-ring (bicyclic) bond motifs is 1. The number of hydrogen-bond donors (Lipinski definition) is 0. The van der Waals surface area contributed by atoms with E-state index in [0.717, 1.165) is 35.6 Å². The van der Waals surface area contributed by atoms with E-state index in [9.17, 15) is 10.1 Å². The van der Waals surface area contributed by atoms with E-state index in [2.05, 4.69) is 19.7 Å². The molecule has 2 aliphatic rings. The molecule has 150 valence electrons. The van der Waals surface area contributed by atoms with Crippen molar-refractivity contribution in [3.05, 3.63) is 52.1 Å². The van der Waals surface area contributed by atoms with Crippen molar-refractivity contribution < 1.29 is 4.92 Å². The summed E-state index contributed by atoms with van der Waals surface area (Å²) < 4.78 is 2.11. The van der Waals surface area contributed by atoms with Gasteiger partial charge in [0.2, 0.25) is 0 Å². The molecule has 1 aliphatic heterocycles. The molecule has 0 radical (unpaired) electrons. The SMILES string of the molecule is Cc1cc(N2CC(c3ncc4cnn(C5CCCCC5)c4n3)C2)ccc1[N+](=O)[O-]. The van der Waals surface area contributed by atoms with Crippen molar-refractivity contribution in [1.82, 2.24) is 19.7 Å². The van der Waals surface area contributed by atoms with Crippen LogP contribution in [0.4, 0.5) is 11.4 Å². The first-order valence-electron chi connectivity index (χ1n) is 10.3. The van der Waals surface area contributed by atoms with E-state index in [1.807, 2.05) is 24.5 Å². The van der Waals surface area contributed by atoms with Crippen LogP contribution in [0.15, 0.2) is 30.6 Å². The zero-order valence-electron chi connectivity index (χ0n) is 16.5. The average molecular weight is 392 g/mol. The first-order chi connectivity index (χ1) is 14.1. The molecule has 0 N–H and O–H groups in total. The Morgan fingerprint density at radius 2 is 1.93 bits per heavy atom. The van der Waals surface area contributed by atoms with Crippen molar-refractivity contribution in [2.24, 2.45) is 0 Å². The minimum Gasteiger partial charge on any atom is -0.370 e. The molecule has 8 nitrogen and oxygen atoms in total. The van der Waals surface area contributed by atoms with Gasteiger partial charge in [0.05, 0.1) is 28.5 Å². The first kappa shape index (κ1) is 18.0. The lowest BCUT2D eigenvalue weighted by molar-refractivity contribution is -0.385. The molecule has 2 aromatic heterocycles. The van der Waals surface area contributed by atoms with Gasteiger partial charge in [0.15, 0.2) is 5.65 Å². The Kier molecular flexibility index (Phi) is 4.41. The zero-order valence-corrected chi connectivity index (χ0v) is 16.5. The molecule has 0 bridgehead atoms. The molecule has 1 saturated carbocycles. The fourth-order valence-electron chi connectivity index (χ4n) is 4.53. The highest BCUT2D eigenvalue weighted by molar-refractivity contribution is 5.73. The maximum Gasteiger partial charge on any atom is 0.272 e. The average Bonchev–Trinajstić information content (AvgIpc) is 3.11. The van der Waals surface area contributed by atoms with Gasteiger partial charge in [0.25, 0.3) is 5.69 Å². The monoisotopic (exact) mass is 392 g/mol. The normalized spacial score (nSPS) is 18.2. The van der Waals surface area contributed by atoms with E-state index in [4.69, 9.17) is 4.98 Å². The Balaban J connectivity index is 1.34. The Morgan fingerprint density at radius 1 is 1.14 bits per heavy atom. The Labute approximate surface area is 168 Å². The van der Waals surface area contributed by atoms with Crippen molar-refractivity contribution in [2.75, 3.05) is 18.0 Å². The van der Waals surface area contributed by atoms with Crippen LogP contribution in [0.2, 0.25) is 0 Å². The molecule has 1 saturated heterocycles. The van der Waals surface area contributed by atoms with Gasteiger partial charge in [-0.1, -0.05) is 19.3 Å². The van der Waals surface area contributed by atoms with Crippen LogP contribution in [-0.2, 0) is 0 Å². The number of nitrogens with zero attached hydrogens (tertiary/aromatic N) is 6. The van der Waals surface area contributed by atoms with Gasteiger partial charge in [0.1, 0.15) is 5.82 Å². The molecular formula is C21H24N6O2. The summed E-state index contributed by atoms with van der Waals surface area (Å²) in [5.74, 6) is 1.13. The van der Waals surface area contributed by atoms with Crippen LogP contribution in [0.25, 0.3) is 11.0 Å². The number of rotatable bonds is 4. The molecule has 1 aromatic carbocycles. The number of benzene rings is 1. The molecule has 8 heteroatoms. The number of anilines is 1. The summed E-state index contributed by atoms with van der Waals surface area (Å²) in [5, 5.41) is 16.6. The zero-order chi connectivity index (χ0) is 20.0. The summed E-state index contributed by atoms with van der Waals surface area (Å²) >= 11 is 0. The highest BCUT2D eigenvalue weighted by Gasteiger charge is 2.32. The van der Waals surface area contributed by atoms with Crippen molar-refractivity contribution in [2.45, 2.75) is 51.0 Å². The molecule has 0 unspecified atom stereocenters. The molecule has 0 amide bonds. The molecule has 2 fully saturated rings. The highest BCUT2D eigenvalue weighted by Crippen LogP contribution is 2.34. The first-order valence-corrected chi connectivity index (χ1v) is 10.3. The van der Waals surface area contributed by atoms with Crippen LogP contribution in [0, 0.1) is 17.0 Å². The fourth-order valence-corrected chi connectivity index (χ4v) is 4.53. The van der Waals surface area contributed by atoms with E-state index in [1.54, 1.807) is 13.0 Å². The molecule has 29 heavy (non-hydrogen) atoms. The maximum atomic E-state index is 11.0. The van der Waals surface area contributed by atoms with Crippen molar-refractivity contribution in [1.29, 1.82) is 0 Å². The number of nitro benzene ring substituents is 1. The quantitative estimate of drug-likeness (QED) is 0.489. The van der Waals surface area contributed by atoms with Gasteiger partial charge < -0.3 is 4.90 Å². The summed E-state index contributed by atoms with van der Waals surface area (Å²) in [5.41, 5.74) is 2.81. The summed E-state index contributed by atoms with van der Waals surface area (Å²) in [6.07, 6.45) is 9.95. The number of aryl methyl sites for hydroxylation is 1. The molecule has 3 aromatic rings. The summed E-state index contributed by atoms with van der Waals surface area (Å²) in [6.45, 7) is 3.42. The van der Waals surface area contributed by atoms with Gasteiger partial charge in [-0.3, -0.25) is 10.1 Å². The second kappa shape index (κ2) is 7.09. The third kappa shape index (κ3) is 3.22. The topological polar surface area (TPSA) is 90.0 Å². The molecule has 0 spiro atoms. The fraction of sp³-hybridized carbons (Fsp3) is 0.476. The summed E-state index contributed by atoms with van der Waals surface area (Å²) in [6, 6.07) is 5.74. The second-order valence-electron chi connectivity index (χ2n) is 8.22. The third-order valence-corrected chi connectivity index (χ3v) is 6.26. The Morgan fingerprint density at radius 3 is 2.66 bits per heavy atom. The van der Waals surface area contributed by atoms with Crippen LogP contribution in [0.5, 0.6) is 0 Å². The van der Waals surface area contributed by atoms with E-state index in [1.165, 1.54) is 32.1 Å². The highest BCUT2D eigenvalue weighted by atomic mass is 16.6. The van der Waals surface area contributed by atoms with E-state index >= 15 is 0 Å². The number of aromatic nitrogens is 4. The van der Waals surface area contributed by atoms with E-state index in [-0.39, 0.29) is 16.5 Å². The number of hydrogen-bond acceptors (Lipinski definition) is 6. The molecule has 0 atom stereocenters. The van der Waals surface area contributed by atoms with Crippen molar-refractivity contribution in [3.63, 3.8) is 0 Å². The molecule has 1 aliphatic carbocycles. The van der Waals surface area contributed by atoms with E-state index in [0.29, 0.717) is 11.6 Å². The van der Waals surface area contributed by atoms with E-state index < -0.39 is 0 Å². The lowest BCUT2D eigenvalue weighted by atomic mass is 9.95. The van der Waals surface area contributed by atoms with Crippen molar-refractivity contribution >= 4 is 22.4 Å². The van der Waals surface area contributed by atoms with Gasteiger partial charge in [0, 0.05) is 36.6 Å². The minimum atomic E-state index is -0.337. The molecule has 3 heterocycles. The second-order valence-corrected chi connectivity index (χ2v) is 8.22. The lowest BCUT2D eigenvalue weighted by Gasteiger charge is -2.40. The van der Waals surface area contributed by atoms with Gasteiger partial charge in [-0.05, 0) is 31.9 Å². The smallest absolute Gasteiger partial charge is 0.272 e. The standard InChI is InChI=1S/C21H24N6O2/c1-14-9-18(7-8-19(14)27(28)29)25-12-16(13-25)20-22-10-15-11-23-26(21(15)24-20)17-5-3-2-4-6-17/h7-11,16-17H,2-6,12-13H2,1H3. The van der Waals surface area contributed by atoms with Gasteiger partial charge in [-0.25, -0.2) is 14.6 Å². The predicted octanol–water partition coefficient (Wildman–Crippen LogP) is 4.15. The van der Waals surface area contributed by atoms with Crippen molar-refractivity contribution in [3.8, 4) is 0 Å². The number of nitro groups is 1. The Hall–Kier alpha value is -3.03. The predicted molar refractivity (Wildman–Crippen MR) is 110 cm³/mol. The maximum absolute atomic E-state index is 11.0. The molecule has 5 rings (SSSR count).